The predicted molar refractivity (Wildman–Crippen MR) is 126 cm³/mol. The fraction of sp³-hybridized carbons (Fsp3) is 0.520. The lowest BCUT2D eigenvalue weighted by molar-refractivity contribution is -0.137. The molecule has 0 bridgehead atoms. The van der Waals surface area contributed by atoms with Crippen molar-refractivity contribution in [2.75, 3.05) is 13.1 Å². The number of halogens is 4. The fourth-order valence-corrected chi connectivity index (χ4v) is 5.87. The average molecular weight is 542 g/mol. The highest BCUT2D eigenvalue weighted by Gasteiger charge is 2.38. The van der Waals surface area contributed by atoms with Crippen LogP contribution >= 0.6 is 0 Å². The van der Waals surface area contributed by atoms with E-state index in [1.54, 1.807) is 0 Å². The van der Waals surface area contributed by atoms with Crippen molar-refractivity contribution in [1.82, 2.24) is 14.6 Å². The highest BCUT2D eigenvalue weighted by atomic mass is 32.2. The van der Waals surface area contributed by atoms with E-state index in [1.807, 2.05) is 4.72 Å². The largest absolute Gasteiger partial charge is 0.474 e. The second-order valence-corrected chi connectivity index (χ2v) is 11.9. The number of carbonyl (C=O) groups is 1. The number of ether oxygens (including phenoxy) is 1. The minimum Gasteiger partial charge on any atom is -0.474 e. The molecular weight excluding hydrogens is 514 g/mol. The van der Waals surface area contributed by atoms with Gasteiger partial charge in [-0.05, 0) is 73.8 Å². The summed E-state index contributed by atoms with van der Waals surface area (Å²) in [5.41, 5.74) is 0.542. The molecule has 12 heteroatoms. The van der Waals surface area contributed by atoms with Gasteiger partial charge >= 0.3 is 6.18 Å². The van der Waals surface area contributed by atoms with Gasteiger partial charge in [0.15, 0.2) is 0 Å². The van der Waals surface area contributed by atoms with Gasteiger partial charge in [0.25, 0.3) is 5.91 Å². The van der Waals surface area contributed by atoms with E-state index in [2.05, 4.69) is 9.88 Å². The molecule has 7 nitrogen and oxygen atoms in total. The Hall–Kier alpha value is -2.73. The first-order chi connectivity index (χ1) is 17.5. The van der Waals surface area contributed by atoms with E-state index in [0.29, 0.717) is 45.3 Å². The maximum absolute atomic E-state index is 14.9. The molecule has 200 valence electrons. The molecule has 3 aliphatic rings. The van der Waals surface area contributed by atoms with Gasteiger partial charge in [-0.25, -0.2) is 22.5 Å². The molecule has 0 spiro atoms. The van der Waals surface area contributed by atoms with Crippen molar-refractivity contribution in [3.8, 4) is 5.88 Å². The minimum atomic E-state index is -4.45. The van der Waals surface area contributed by atoms with Crippen molar-refractivity contribution in [1.29, 1.82) is 0 Å². The lowest BCUT2D eigenvalue weighted by atomic mass is 9.97. The normalized spacial score (nSPS) is 19.6. The van der Waals surface area contributed by atoms with Crippen molar-refractivity contribution in [2.45, 2.75) is 68.5 Å². The smallest absolute Gasteiger partial charge is 0.417 e. The summed E-state index contributed by atoms with van der Waals surface area (Å²) in [6.07, 6.45) is 0.217. The van der Waals surface area contributed by atoms with Crippen molar-refractivity contribution < 1.29 is 35.5 Å². The van der Waals surface area contributed by atoms with Crippen LogP contribution in [0.2, 0.25) is 0 Å². The molecule has 1 aromatic heterocycles. The van der Waals surface area contributed by atoms with E-state index in [4.69, 9.17) is 4.74 Å². The van der Waals surface area contributed by atoms with Crippen LogP contribution in [0.5, 0.6) is 5.88 Å². The van der Waals surface area contributed by atoms with Gasteiger partial charge in [0, 0.05) is 31.9 Å². The van der Waals surface area contributed by atoms with E-state index in [-0.39, 0.29) is 23.5 Å². The number of hydrogen-bond acceptors (Lipinski definition) is 6. The second kappa shape index (κ2) is 9.86. The van der Waals surface area contributed by atoms with E-state index in [0.717, 1.165) is 36.2 Å². The van der Waals surface area contributed by atoms with E-state index < -0.39 is 38.7 Å². The quantitative estimate of drug-likeness (QED) is 0.499. The summed E-state index contributed by atoms with van der Waals surface area (Å²) in [6, 6.07) is 4.98. The Morgan fingerprint density at radius 1 is 1.08 bits per heavy atom. The molecule has 1 amide bonds. The first-order valence-corrected chi connectivity index (χ1v) is 13.8. The number of sulfonamides is 1. The third-order valence-corrected chi connectivity index (χ3v) is 8.79. The van der Waals surface area contributed by atoms with Crippen molar-refractivity contribution in [3.63, 3.8) is 0 Å². The van der Waals surface area contributed by atoms with Crippen molar-refractivity contribution in [2.24, 2.45) is 0 Å². The summed E-state index contributed by atoms with van der Waals surface area (Å²) in [4.78, 5) is 18.4. The van der Waals surface area contributed by atoms with Crippen LogP contribution in [-0.2, 0) is 22.7 Å². The Kier molecular flexibility index (Phi) is 6.90. The van der Waals surface area contributed by atoms with Crippen LogP contribution in [0.3, 0.4) is 0 Å². The summed E-state index contributed by atoms with van der Waals surface area (Å²) >= 11 is 0. The zero-order valence-corrected chi connectivity index (χ0v) is 20.7. The number of pyridine rings is 1. The van der Waals surface area contributed by atoms with Gasteiger partial charge in [0.2, 0.25) is 15.9 Å². The molecule has 2 heterocycles. The van der Waals surface area contributed by atoms with Gasteiger partial charge in [-0.3, -0.25) is 9.69 Å². The van der Waals surface area contributed by atoms with Crippen LogP contribution in [-0.4, -0.2) is 48.7 Å². The number of amides is 1. The van der Waals surface area contributed by atoms with Gasteiger partial charge < -0.3 is 4.74 Å². The highest BCUT2D eigenvalue weighted by Crippen LogP contribution is 2.43. The lowest BCUT2D eigenvalue weighted by Crippen LogP contribution is -2.38. The molecule has 37 heavy (non-hydrogen) atoms. The maximum atomic E-state index is 14.9. The SMILES string of the molecule is O=C(NS(=O)(=O)C1CC1)c1cc(C2CC2)c(CN2CCC(Oc3ccc(C(F)(F)F)cn3)CC2)cc1F. The molecule has 2 aliphatic carbocycles. The first-order valence-electron chi connectivity index (χ1n) is 12.3. The number of carbonyl (C=O) groups excluding carboxylic acids is 1. The van der Waals surface area contributed by atoms with Crippen LogP contribution < -0.4 is 9.46 Å². The van der Waals surface area contributed by atoms with Crippen molar-refractivity contribution >= 4 is 15.9 Å². The zero-order valence-electron chi connectivity index (χ0n) is 19.9. The summed E-state index contributed by atoms with van der Waals surface area (Å²) < 4.78 is 85.1. The Bertz CT molecular complexity index is 1270. The molecule has 0 radical (unpaired) electrons. The molecular formula is C25H27F4N3O4S. The van der Waals surface area contributed by atoms with Gasteiger partial charge in [0.05, 0.1) is 16.4 Å². The van der Waals surface area contributed by atoms with Crippen LogP contribution in [0, 0.1) is 5.82 Å². The summed E-state index contributed by atoms with van der Waals surface area (Å²) in [6.45, 7) is 1.74. The van der Waals surface area contributed by atoms with Gasteiger partial charge in [-0.15, -0.1) is 0 Å². The number of rotatable bonds is 8. The zero-order chi connectivity index (χ0) is 26.4. The Morgan fingerprint density at radius 3 is 2.35 bits per heavy atom. The van der Waals surface area contributed by atoms with E-state index in [1.165, 1.54) is 18.2 Å². The Labute approximate surface area is 212 Å². The van der Waals surface area contributed by atoms with Crippen LogP contribution in [0.15, 0.2) is 30.5 Å². The first kappa shape index (κ1) is 25.9. The number of piperidine rings is 1. The van der Waals surface area contributed by atoms with E-state index >= 15 is 0 Å². The number of likely N-dealkylation sites (tertiary alicyclic amines) is 1. The number of nitrogens with one attached hydrogen (secondary N) is 1. The third-order valence-electron chi connectivity index (χ3n) is 6.97. The highest BCUT2D eigenvalue weighted by molar-refractivity contribution is 7.91. The molecule has 5 rings (SSSR count). The summed E-state index contributed by atoms with van der Waals surface area (Å²) in [5, 5.41) is -0.580. The number of alkyl halides is 3. The molecule has 1 aliphatic heterocycles. The third kappa shape index (κ3) is 6.23. The number of nitrogens with zero attached hydrogens (tertiary/aromatic N) is 2. The monoisotopic (exact) mass is 541 g/mol. The number of hydrogen-bond donors (Lipinski definition) is 1. The molecule has 1 saturated heterocycles. The number of aromatic nitrogens is 1. The van der Waals surface area contributed by atoms with E-state index in [9.17, 15) is 30.8 Å². The molecule has 0 atom stereocenters. The fourth-order valence-electron chi connectivity index (χ4n) is 4.58. The van der Waals surface area contributed by atoms with Crippen LogP contribution in [0.1, 0.15) is 71.5 Å². The van der Waals surface area contributed by atoms with Gasteiger partial charge in [-0.1, -0.05) is 0 Å². The average Bonchev–Trinajstić information content (AvgIpc) is 3.73. The molecule has 3 fully saturated rings. The standard InChI is InChI=1S/C25H27F4N3O4S/c26-22-11-16(20(15-1-2-15)12-21(22)24(33)31-37(34,35)19-4-5-19)14-32-9-7-18(8-10-32)36-23-6-3-17(13-30-23)25(27,28)29/h3,6,11-13,15,18-19H,1-2,4-5,7-10,14H2,(H,31,33). The summed E-state index contributed by atoms with van der Waals surface area (Å²) in [7, 11) is -3.78. The minimum absolute atomic E-state index is 0.141. The molecule has 2 aromatic rings. The molecule has 2 saturated carbocycles. The predicted octanol–water partition coefficient (Wildman–Crippen LogP) is 4.38. The van der Waals surface area contributed by atoms with Crippen LogP contribution in [0.4, 0.5) is 17.6 Å². The molecule has 1 aromatic carbocycles. The topological polar surface area (TPSA) is 88.6 Å². The van der Waals surface area contributed by atoms with Crippen LogP contribution in [0.25, 0.3) is 0 Å². The maximum Gasteiger partial charge on any atom is 0.417 e. The Balaban J connectivity index is 1.20. The lowest BCUT2D eigenvalue weighted by Gasteiger charge is -2.32. The Morgan fingerprint density at radius 2 is 1.78 bits per heavy atom. The number of benzene rings is 1. The van der Waals surface area contributed by atoms with Gasteiger partial charge in [0.1, 0.15) is 11.9 Å². The molecule has 0 unspecified atom stereocenters. The molecule has 1 N–H and O–H groups in total. The van der Waals surface area contributed by atoms with Crippen molar-refractivity contribution in [3.05, 3.63) is 58.5 Å². The van der Waals surface area contributed by atoms with Gasteiger partial charge in [-0.2, -0.15) is 13.2 Å². The summed E-state index contributed by atoms with van der Waals surface area (Å²) in [5.74, 6) is -1.34. The second-order valence-electron chi connectivity index (χ2n) is 9.96.